The lowest BCUT2D eigenvalue weighted by molar-refractivity contribution is 0.660. The fourth-order valence-corrected chi connectivity index (χ4v) is 12.0. The molecule has 1 aliphatic carbocycles. The Morgan fingerprint density at radius 3 is 1.65 bits per heavy atom. The first-order valence-electron chi connectivity index (χ1n) is 23.8. The van der Waals surface area contributed by atoms with E-state index in [0.29, 0.717) is 0 Å². The molecule has 0 N–H and O–H groups in total. The molecule has 13 aromatic rings. The molecule has 0 fully saturated rings. The van der Waals surface area contributed by atoms with Gasteiger partial charge in [0.2, 0.25) is 0 Å². The minimum absolute atomic E-state index is 0.105. The van der Waals surface area contributed by atoms with Crippen molar-refractivity contribution in [2.45, 2.75) is 19.3 Å². The number of nitrogens with zero attached hydrogens (tertiary/aromatic N) is 1. The van der Waals surface area contributed by atoms with Crippen molar-refractivity contribution >= 4 is 64.8 Å². The molecule has 1 aromatic heterocycles. The highest BCUT2D eigenvalue weighted by Gasteiger charge is 2.35. The Kier molecular flexibility index (Phi) is 8.40. The summed E-state index contributed by atoms with van der Waals surface area (Å²) in [5.41, 5.74) is 17.5. The normalized spacial score (nSPS) is 13.0. The van der Waals surface area contributed by atoms with E-state index in [1.54, 1.807) is 0 Å². The van der Waals surface area contributed by atoms with E-state index in [2.05, 4.69) is 255 Å². The summed E-state index contributed by atoms with van der Waals surface area (Å²) in [5.74, 6) is 0. The van der Waals surface area contributed by atoms with Crippen molar-refractivity contribution in [3.05, 3.63) is 248 Å². The van der Waals surface area contributed by atoms with E-state index in [-0.39, 0.29) is 5.41 Å². The first kappa shape index (κ1) is 38.7. The van der Waals surface area contributed by atoms with Gasteiger partial charge in [0, 0.05) is 32.5 Å². The molecule has 0 atom stereocenters. The summed E-state index contributed by atoms with van der Waals surface area (Å²) in [5, 5.41) is 13.7. The third-order valence-electron chi connectivity index (χ3n) is 15.1. The second-order valence-electron chi connectivity index (χ2n) is 19.1. The molecule has 0 saturated heterocycles. The minimum Gasteiger partial charge on any atom is -0.307 e. The summed E-state index contributed by atoms with van der Waals surface area (Å²) in [6.45, 7) is 4.76. The Labute approximate surface area is 395 Å². The SMILES string of the molecule is CC1(C)c2ccccc2-c2ccc(-c3cc4c5ccccc5c5c(c(-c6ccccc6)c(-c6ccccc6)n5-c5ccc(-c6ccc7ccccc7c6)c6ccccc56)c4c4ccccc34)cc21. The molecule has 0 unspecified atom stereocenters. The van der Waals surface area contributed by atoms with Gasteiger partial charge in [0.15, 0.2) is 0 Å². The number of rotatable bonds is 5. The van der Waals surface area contributed by atoms with Crippen LogP contribution in [0.5, 0.6) is 0 Å². The molecule has 0 amide bonds. The lowest BCUT2D eigenvalue weighted by atomic mass is 9.81. The Morgan fingerprint density at radius 1 is 0.309 bits per heavy atom. The van der Waals surface area contributed by atoms with Crippen LogP contribution in [0.2, 0.25) is 0 Å². The van der Waals surface area contributed by atoms with E-state index < -0.39 is 0 Å². The fourth-order valence-electron chi connectivity index (χ4n) is 12.0. The smallest absolute Gasteiger partial charge is 0.0626 e. The van der Waals surface area contributed by atoms with Gasteiger partial charge in [-0.1, -0.05) is 226 Å². The standard InChI is InChI=1S/C67H45N/c1-67(2)59-32-18-17-28-52(59)53-36-35-47(40-60(53)67)57-41-58-51-27-13-16-31-56(51)66-64(63(58)55-30-15-12-26-50(55)57)62(43-20-5-3-6-21-43)65(44-22-7-4-8-23-44)68(66)61-38-37-48(49-25-11-14-29-54(49)61)46-34-33-42-19-9-10-24-45(42)39-46/h3-41H,1-2H3. The van der Waals surface area contributed by atoms with Crippen LogP contribution in [-0.4, -0.2) is 4.57 Å². The van der Waals surface area contributed by atoms with E-state index in [1.165, 1.54) is 132 Å². The number of aromatic nitrogens is 1. The molecule has 12 aromatic carbocycles. The van der Waals surface area contributed by atoms with Crippen LogP contribution in [0.25, 0.3) is 126 Å². The molecular weight excluding hydrogens is 819 g/mol. The first-order valence-corrected chi connectivity index (χ1v) is 23.8. The topological polar surface area (TPSA) is 4.93 Å². The Hall–Kier alpha value is -8.52. The van der Waals surface area contributed by atoms with Gasteiger partial charge < -0.3 is 4.57 Å². The zero-order valence-electron chi connectivity index (χ0n) is 38.0. The number of benzene rings is 12. The first-order chi connectivity index (χ1) is 33.5. The van der Waals surface area contributed by atoms with Gasteiger partial charge in [-0.3, -0.25) is 0 Å². The van der Waals surface area contributed by atoms with Crippen molar-refractivity contribution in [3.8, 4) is 61.5 Å². The Bertz CT molecular complexity index is 4210. The molecule has 0 saturated carbocycles. The second kappa shape index (κ2) is 14.7. The largest absolute Gasteiger partial charge is 0.307 e. The molecular formula is C67H45N. The number of fused-ring (bicyclic) bond motifs is 13. The summed E-state index contributed by atoms with van der Waals surface area (Å²) >= 11 is 0. The van der Waals surface area contributed by atoms with Crippen LogP contribution in [0.1, 0.15) is 25.0 Å². The second-order valence-corrected chi connectivity index (χ2v) is 19.1. The van der Waals surface area contributed by atoms with Crippen LogP contribution >= 0.6 is 0 Å². The maximum Gasteiger partial charge on any atom is 0.0626 e. The predicted octanol–water partition coefficient (Wildman–Crippen LogP) is 18.4. The van der Waals surface area contributed by atoms with Crippen LogP contribution in [0.15, 0.2) is 237 Å². The number of hydrogen-bond acceptors (Lipinski definition) is 0. The van der Waals surface area contributed by atoms with E-state index in [9.17, 15) is 0 Å². The van der Waals surface area contributed by atoms with E-state index >= 15 is 0 Å². The van der Waals surface area contributed by atoms with Crippen molar-refractivity contribution in [2.75, 3.05) is 0 Å². The summed E-state index contributed by atoms with van der Waals surface area (Å²) in [4.78, 5) is 0. The van der Waals surface area contributed by atoms with Crippen LogP contribution < -0.4 is 0 Å². The monoisotopic (exact) mass is 863 g/mol. The third-order valence-corrected chi connectivity index (χ3v) is 15.1. The van der Waals surface area contributed by atoms with Crippen molar-refractivity contribution in [1.82, 2.24) is 4.57 Å². The molecule has 68 heavy (non-hydrogen) atoms. The molecule has 0 radical (unpaired) electrons. The lowest BCUT2D eigenvalue weighted by Crippen LogP contribution is -2.14. The van der Waals surface area contributed by atoms with E-state index in [4.69, 9.17) is 0 Å². The maximum absolute atomic E-state index is 2.62. The average Bonchev–Trinajstić information content (AvgIpc) is 3.87. The Morgan fingerprint density at radius 2 is 0.868 bits per heavy atom. The van der Waals surface area contributed by atoms with Gasteiger partial charge in [-0.2, -0.15) is 0 Å². The fraction of sp³-hybridized carbons (Fsp3) is 0.0448. The summed E-state index contributed by atoms with van der Waals surface area (Å²) in [7, 11) is 0. The van der Waals surface area contributed by atoms with Crippen LogP contribution in [-0.2, 0) is 5.41 Å². The van der Waals surface area contributed by atoms with E-state index in [0.717, 1.165) is 5.69 Å². The van der Waals surface area contributed by atoms with Crippen molar-refractivity contribution in [3.63, 3.8) is 0 Å². The molecule has 1 aliphatic rings. The third kappa shape index (κ3) is 5.57. The highest BCUT2D eigenvalue weighted by atomic mass is 15.0. The van der Waals surface area contributed by atoms with Gasteiger partial charge in [0.1, 0.15) is 0 Å². The molecule has 318 valence electrons. The molecule has 1 nitrogen and oxygen atoms in total. The van der Waals surface area contributed by atoms with Gasteiger partial charge in [-0.05, 0) is 118 Å². The molecule has 14 rings (SSSR count). The van der Waals surface area contributed by atoms with Gasteiger partial charge in [-0.25, -0.2) is 0 Å². The van der Waals surface area contributed by atoms with Crippen molar-refractivity contribution in [2.24, 2.45) is 0 Å². The summed E-state index contributed by atoms with van der Waals surface area (Å²) in [6, 6.07) is 88.4. The van der Waals surface area contributed by atoms with Crippen LogP contribution in [0.4, 0.5) is 0 Å². The maximum atomic E-state index is 2.62. The van der Waals surface area contributed by atoms with Gasteiger partial charge >= 0.3 is 0 Å². The predicted molar refractivity (Wildman–Crippen MR) is 290 cm³/mol. The molecule has 1 heteroatoms. The molecule has 0 spiro atoms. The summed E-state index contributed by atoms with van der Waals surface area (Å²) < 4.78 is 2.62. The van der Waals surface area contributed by atoms with Gasteiger partial charge in [-0.15, -0.1) is 0 Å². The van der Waals surface area contributed by atoms with Gasteiger partial charge in [0.25, 0.3) is 0 Å². The molecule has 0 bridgehead atoms. The average molecular weight is 864 g/mol. The molecule has 1 heterocycles. The van der Waals surface area contributed by atoms with Crippen molar-refractivity contribution < 1.29 is 0 Å². The zero-order chi connectivity index (χ0) is 45.1. The lowest BCUT2D eigenvalue weighted by Gasteiger charge is -2.22. The minimum atomic E-state index is -0.105. The van der Waals surface area contributed by atoms with Crippen molar-refractivity contribution in [1.29, 1.82) is 0 Å². The van der Waals surface area contributed by atoms with Gasteiger partial charge in [0.05, 0.1) is 16.9 Å². The highest BCUT2D eigenvalue weighted by Crippen LogP contribution is 2.54. The van der Waals surface area contributed by atoms with Crippen LogP contribution in [0.3, 0.4) is 0 Å². The molecule has 0 aliphatic heterocycles. The summed E-state index contributed by atoms with van der Waals surface area (Å²) in [6.07, 6.45) is 0. The zero-order valence-corrected chi connectivity index (χ0v) is 38.0. The Balaban J connectivity index is 1.14. The van der Waals surface area contributed by atoms with E-state index in [1.807, 2.05) is 0 Å². The van der Waals surface area contributed by atoms with Crippen LogP contribution in [0, 0.1) is 0 Å². The quantitative estimate of drug-likeness (QED) is 0.152. The highest BCUT2D eigenvalue weighted by molar-refractivity contribution is 6.36. The number of hydrogen-bond donors (Lipinski definition) is 0.